The highest BCUT2D eigenvalue weighted by atomic mass is 28.3. The first kappa shape index (κ1) is 17.3. The third kappa shape index (κ3) is 2.94. The predicted molar refractivity (Wildman–Crippen MR) is 101 cm³/mol. The average molecular weight is 330 g/mol. The van der Waals surface area contributed by atoms with E-state index in [0.29, 0.717) is 5.82 Å². The van der Waals surface area contributed by atoms with Gasteiger partial charge < -0.3 is 9.31 Å². The molecule has 3 rings (SSSR count). The van der Waals surface area contributed by atoms with Gasteiger partial charge in [-0.15, -0.1) is 0 Å². The Morgan fingerprint density at radius 1 is 0.957 bits per heavy atom. The smallest absolute Gasteiger partial charge is 0.403 e. The van der Waals surface area contributed by atoms with E-state index in [1.54, 1.807) is 5.19 Å². The van der Waals surface area contributed by atoms with E-state index in [-0.39, 0.29) is 18.3 Å². The van der Waals surface area contributed by atoms with Gasteiger partial charge in [0.2, 0.25) is 0 Å². The molecule has 1 aromatic carbocycles. The molecule has 2 nitrogen and oxygen atoms in total. The van der Waals surface area contributed by atoms with E-state index < -0.39 is 8.07 Å². The van der Waals surface area contributed by atoms with Crippen molar-refractivity contribution in [3.63, 3.8) is 0 Å². The van der Waals surface area contributed by atoms with Gasteiger partial charge >= 0.3 is 7.12 Å². The number of hydrogen-bond acceptors (Lipinski definition) is 2. The van der Waals surface area contributed by atoms with E-state index in [4.69, 9.17) is 9.31 Å². The maximum absolute atomic E-state index is 6.41. The lowest BCUT2D eigenvalue weighted by Gasteiger charge is -2.35. The average Bonchev–Trinajstić information content (AvgIpc) is 3.03. The molecule has 0 spiro atoms. The molecule has 0 N–H and O–H groups in total. The van der Waals surface area contributed by atoms with E-state index in [0.717, 1.165) is 5.54 Å². The lowest BCUT2D eigenvalue weighted by Crippen LogP contribution is -2.48. The molecule has 1 heterocycles. The zero-order chi connectivity index (χ0) is 16.9. The molecule has 2 atom stereocenters. The zero-order valence-electron chi connectivity index (χ0n) is 15.6. The van der Waals surface area contributed by atoms with Crippen LogP contribution in [0.1, 0.15) is 47.0 Å². The van der Waals surface area contributed by atoms with Crippen LogP contribution < -0.4 is 5.19 Å². The van der Waals surface area contributed by atoms with E-state index in [1.165, 1.54) is 19.3 Å². The quantitative estimate of drug-likeness (QED) is 0.753. The molecule has 1 aromatic rings. The molecule has 0 amide bonds. The maximum atomic E-state index is 6.41. The number of benzene rings is 1. The fourth-order valence-corrected chi connectivity index (χ4v) is 8.16. The van der Waals surface area contributed by atoms with Gasteiger partial charge in [-0.3, -0.25) is 0 Å². The third-order valence-corrected chi connectivity index (χ3v) is 11.0. The lowest BCUT2D eigenvalue weighted by atomic mass is 9.70. The second-order valence-corrected chi connectivity index (χ2v) is 13.7. The summed E-state index contributed by atoms with van der Waals surface area (Å²) in [6, 6.07) is 11.1. The number of hydrogen-bond donors (Lipinski definition) is 0. The standard InChI is InChI=1S/C19H31BO2Si/c1-18(2)19(3,4)22-20(21-18)16-13-10-14-17(16)23(5,6)15-11-8-7-9-12-15/h7-9,11-12,16-17H,10,13-14H2,1-6H3/t16-,17+/m0/s1. The third-order valence-electron chi connectivity index (χ3n) is 6.64. The minimum absolute atomic E-state index is 0.0389. The SMILES string of the molecule is CC1(C)OB([C@H]2CCC[C@H]2[Si](C)(C)c2ccccc2)OC1(C)C. The van der Waals surface area contributed by atoms with Crippen molar-refractivity contribution in [3.8, 4) is 0 Å². The summed E-state index contributed by atoms with van der Waals surface area (Å²) < 4.78 is 12.8. The van der Waals surface area contributed by atoms with Crippen LogP contribution in [-0.2, 0) is 9.31 Å². The van der Waals surface area contributed by atoms with Gasteiger partial charge in [-0.2, -0.15) is 0 Å². The minimum Gasteiger partial charge on any atom is -0.403 e. The van der Waals surface area contributed by atoms with Gasteiger partial charge in [0, 0.05) is 0 Å². The summed E-state index contributed by atoms with van der Waals surface area (Å²) in [6.45, 7) is 13.7. The van der Waals surface area contributed by atoms with Crippen molar-refractivity contribution in [1.82, 2.24) is 0 Å². The molecule has 0 radical (unpaired) electrons. The van der Waals surface area contributed by atoms with Crippen LogP contribution in [0.25, 0.3) is 0 Å². The van der Waals surface area contributed by atoms with Crippen LogP contribution in [0, 0.1) is 0 Å². The Balaban J connectivity index is 1.84. The molecule has 0 bridgehead atoms. The van der Waals surface area contributed by atoms with Crippen LogP contribution in [0.4, 0.5) is 0 Å². The predicted octanol–water partition coefficient (Wildman–Crippen LogP) is 4.62. The molecular formula is C19H31BO2Si. The second kappa shape index (κ2) is 5.75. The molecule has 1 aliphatic carbocycles. The Bertz CT molecular complexity index is 540. The van der Waals surface area contributed by atoms with Crippen molar-refractivity contribution in [2.45, 2.75) is 82.6 Å². The molecular weight excluding hydrogens is 299 g/mol. The first-order valence-corrected chi connectivity index (χ1v) is 12.1. The summed E-state index contributed by atoms with van der Waals surface area (Å²) in [5, 5.41) is 1.56. The van der Waals surface area contributed by atoms with Crippen molar-refractivity contribution in [1.29, 1.82) is 0 Å². The van der Waals surface area contributed by atoms with Gasteiger partial charge in [0.1, 0.15) is 0 Å². The van der Waals surface area contributed by atoms with E-state index in [1.807, 2.05) is 0 Å². The first-order chi connectivity index (χ1) is 10.7. The molecule has 4 heteroatoms. The Labute approximate surface area is 143 Å². The lowest BCUT2D eigenvalue weighted by molar-refractivity contribution is 0.00578. The van der Waals surface area contributed by atoms with E-state index in [2.05, 4.69) is 71.1 Å². The summed E-state index contributed by atoms with van der Waals surface area (Å²) in [5.74, 6) is 0.540. The second-order valence-electron chi connectivity index (χ2n) is 8.91. The summed E-state index contributed by atoms with van der Waals surface area (Å²) in [7, 11) is -1.57. The van der Waals surface area contributed by atoms with Crippen LogP contribution >= 0.6 is 0 Å². The Morgan fingerprint density at radius 2 is 1.52 bits per heavy atom. The van der Waals surface area contributed by atoms with Gasteiger partial charge in [-0.25, -0.2) is 0 Å². The fraction of sp³-hybridized carbons (Fsp3) is 0.684. The fourth-order valence-electron chi connectivity index (χ4n) is 4.36. The summed E-state index contributed by atoms with van der Waals surface area (Å²) >= 11 is 0. The zero-order valence-corrected chi connectivity index (χ0v) is 16.6. The monoisotopic (exact) mass is 330 g/mol. The Kier molecular flexibility index (Phi) is 4.31. The largest absolute Gasteiger partial charge is 0.461 e. The molecule has 2 fully saturated rings. The number of rotatable bonds is 3. The van der Waals surface area contributed by atoms with Gasteiger partial charge in [0.25, 0.3) is 0 Å². The Hall–Kier alpha value is -0.578. The van der Waals surface area contributed by atoms with Crippen molar-refractivity contribution in [2.24, 2.45) is 0 Å². The maximum Gasteiger partial charge on any atom is 0.461 e. The molecule has 0 unspecified atom stereocenters. The normalized spacial score (nSPS) is 29.9. The molecule has 1 saturated heterocycles. The summed E-state index contributed by atoms with van der Waals surface area (Å²) in [5.41, 5.74) is 0.298. The van der Waals surface area contributed by atoms with Crippen LogP contribution in [0.5, 0.6) is 0 Å². The van der Waals surface area contributed by atoms with Crippen molar-refractivity contribution >= 4 is 20.4 Å². The van der Waals surface area contributed by atoms with Gasteiger partial charge in [0.05, 0.1) is 19.3 Å². The molecule has 2 aliphatic rings. The van der Waals surface area contributed by atoms with Crippen molar-refractivity contribution in [3.05, 3.63) is 30.3 Å². The summed E-state index contributed by atoms with van der Waals surface area (Å²) in [4.78, 5) is 0. The van der Waals surface area contributed by atoms with E-state index in [9.17, 15) is 0 Å². The van der Waals surface area contributed by atoms with Crippen LogP contribution in [0.2, 0.25) is 24.5 Å². The molecule has 1 aliphatic heterocycles. The van der Waals surface area contributed by atoms with Gasteiger partial charge in [-0.05, 0) is 39.1 Å². The molecule has 0 aromatic heterocycles. The Morgan fingerprint density at radius 3 is 2.09 bits per heavy atom. The first-order valence-electron chi connectivity index (χ1n) is 9.06. The molecule has 126 valence electrons. The van der Waals surface area contributed by atoms with Crippen LogP contribution in [0.15, 0.2) is 30.3 Å². The topological polar surface area (TPSA) is 18.5 Å². The highest BCUT2D eigenvalue weighted by Crippen LogP contribution is 2.53. The summed E-state index contributed by atoms with van der Waals surface area (Å²) in [6.07, 6.45) is 3.87. The minimum atomic E-state index is -1.53. The molecule has 23 heavy (non-hydrogen) atoms. The molecule has 1 saturated carbocycles. The van der Waals surface area contributed by atoms with Crippen LogP contribution in [0.3, 0.4) is 0 Å². The van der Waals surface area contributed by atoms with Gasteiger partial charge in [0.15, 0.2) is 0 Å². The van der Waals surface area contributed by atoms with Crippen molar-refractivity contribution < 1.29 is 9.31 Å². The highest BCUT2D eigenvalue weighted by molar-refractivity contribution is 6.91. The highest BCUT2D eigenvalue weighted by Gasteiger charge is 2.57. The van der Waals surface area contributed by atoms with Crippen LogP contribution in [-0.4, -0.2) is 26.4 Å². The van der Waals surface area contributed by atoms with Gasteiger partial charge in [-0.1, -0.05) is 67.9 Å². The van der Waals surface area contributed by atoms with E-state index >= 15 is 0 Å². The van der Waals surface area contributed by atoms with Crippen molar-refractivity contribution in [2.75, 3.05) is 0 Å².